The highest BCUT2D eigenvalue weighted by atomic mass is 79.9. The van der Waals surface area contributed by atoms with Gasteiger partial charge in [0.2, 0.25) is 5.91 Å². The Balaban J connectivity index is 1.93. The molecule has 1 aliphatic rings. The number of carbonyl (C=O) groups is 1. The molecule has 0 aromatic heterocycles. The Labute approximate surface area is 133 Å². The Hall–Kier alpha value is -0.940. The first-order valence-electron chi connectivity index (χ1n) is 7.43. The van der Waals surface area contributed by atoms with E-state index in [-0.39, 0.29) is 11.7 Å². The van der Waals surface area contributed by atoms with Gasteiger partial charge in [-0.3, -0.25) is 4.79 Å². The van der Waals surface area contributed by atoms with Gasteiger partial charge in [0, 0.05) is 12.1 Å². The normalized spacial score (nSPS) is 20.1. The van der Waals surface area contributed by atoms with Crippen LogP contribution < -0.4 is 10.6 Å². The van der Waals surface area contributed by atoms with Crippen molar-refractivity contribution in [1.82, 2.24) is 5.32 Å². The van der Waals surface area contributed by atoms with Crippen molar-refractivity contribution >= 4 is 27.5 Å². The molecule has 2 atom stereocenters. The van der Waals surface area contributed by atoms with Crippen LogP contribution in [0.5, 0.6) is 0 Å². The summed E-state index contributed by atoms with van der Waals surface area (Å²) in [6, 6.07) is 3.05. The number of hydrogen-bond acceptors (Lipinski definition) is 2. The molecule has 0 aliphatic carbocycles. The van der Waals surface area contributed by atoms with E-state index in [2.05, 4.69) is 33.5 Å². The second kappa shape index (κ2) is 7.36. The van der Waals surface area contributed by atoms with Crippen LogP contribution in [0.2, 0.25) is 0 Å². The number of aryl methyl sites for hydroxylation is 1. The molecule has 0 spiro atoms. The van der Waals surface area contributed by atoms with Crippen molar-refractivity contribution in [3.05, 3.63) is 28.0 Å². The maximum atomic E-state index is 13.6. The number of carbonyl (C=O) groups excluding carboxylic acids is 1. The highest BCUT2D eigenvalue weighted by Gasteiger charge is 2.22. The monoisotopic (exact) mass is 356 g/mol. The number of rotatable bonds is 4. The molecule has 1 aliphatic heterocycles. The van der Waals surface area contributed by atoms with Gasteiger partial charge in [-0.25, -0.2) is 4.39 Å². The topological polar surface area (TPSA) is 41.1 Å². The van der Waals surface area contributed by atoms with Crippen LogP contribution in [0.3, 0.4) is 0 Å². The summed E-state index contributed by atoms with van der Waals surface area (Å²) in [6.45, 7) is 6.04. The van der Waals surface area contributed by atoms with E-state index in [4.69, 9.17) is 0 Å². The second-order valence-electron chi connectivity index (χ2n) is 5.92. The van der Waals surface area contributed by atoms with Gasteiger partial charge in [-0.05, 0) is 78.3 Å². The molecule has 1 fully saturated rings. The molecular formula is C16H22BrFN2O. The van der Waals surface area contributed by atoms with Crippen molar-refractivity contribution in [1.29, 1.82) is 0 Å². The summed E-state index contributed by atoms with van der Waals surface area (Å²) in [4.78, 5) is 12.1. The van der Waals surface area contributed by atoms with E-state index in [9.17, 15) is 9.18 Å². The van der Waals surface area contributed by atoms with Gasteiger partial charge in [-0.15, -0.1) is 0 Å². The van der Waals surface area contributed by atoms with Crippen LogP contribution in [-0.4, -0.2) is 19.0 Å². The van der Waals surface area contributed by atoms with Gasteiger partial charge in [-0.1, -0.05) is 6.92 Å². The van der Waals surface area contributed by atoms with Gasteiger partial charge in [0.15, 0.2) is 0 Å². The van der Waals surface area contributed by atoms with E-state index in [0.717, 1.165) is 18.7 Å². The lowest BCUT2D eigenvalue weighted by Crippen LogP contribution is -2.34. The first-order valence-corrected chi connectivity index (χ1v) is 8.23. The van der Waals surface area contributed by atoms with E-state index >= 15 is 0 Å². The molecule has 1 heterocycles. The van der Waals surface area contributed by atoms with Gasteiger partial charge >= 0.3 is 0 Å². The molecule has 5 heteroatoms. The molecule has 21 heavy (non-hydrogen) atoms. The summed E-state index contributed by atoms with van der Waals surface area (Å²) < 4.78 is 14.0. The van der Waals surface area contributed by atoms with Gasteiger partial charge < -0.3 is 10.6 Å². The molecule has 2 unspecified atom stereocenters. The predicted molar refractivity (Wildman–Crippen MR) is 86.8 cm³/mol. The molecular weight excluding hydrogens is 335 g/mol. The van der Waals surface area contributed by atoms with E-state index in [0.29, 0.717) is 28.4 Å². The van der Waals surface area contributed by atoms with Crippen molar-refractivity contribution in [3.8, 4) is 0 Å². The number of piperidine rings is 1. The highest BCUT2D eigenvalue weighted by molar-refractivity contribution is 9.10. The fraction of sp³-hybridized carbons (Fsp3) is 0.562. The highest BCUT2D eigenvalue weighted by Crippen LogP contribution is 2.26. The van der Waals surface area contributed by atoms with Gasteiger partial charge in [0.1, 0.15) is 5.82 Å². The maximum Gasteiger partial charge on any atom is 0.224 e. The number of hydrogen-bond donors (Lipinski definition) is 2. The third-order valence-corrected chi connectivity index (χ3v) is 4.80. The van der Waals surface area contributed by atoms with Crippen molar-refractivity contribution in [2.45, 2.75) is 33.1 Å². The summed E-state index contributed by atoms with van der Waals surface area (Å²) >= 11 is 3.14. The maximum absolute atomic E-state index is 13.6. The Morgan fingerprint density at radius 2 is 2.33 bits per heavy atom. The lowest BCUT2D eigenvalue weighted by atomic mass is 9.85. The average Bonchev–Trinajstić information content (AvgIpc) is 2.45. The summed E-state index contributed by atoms with van der Waals surface area (Å²) in [5.41, 5.74) is 1.40. The molecule has 1 saturated heterocycles. The van der Waals surface area contributed by atoms with Gasteiger partial charge in [-0.2, -0.15) is 0 Å². The first-order chi connectivity index (χ1) is 9.97. The molecule has 116 valence electrons. The van der Waals surface area contributed by atoms with Crippen molar-refractivity contribution in [2.75, 3.05) is 18.4 Å². The third kappa shape index (κ3) is 4.51. The first kappa shape index (κ1) is 16.4. The summed E-state index contributed by atoms with van der Waals surface area (Å²) in [6.07, 6.45) is 2.82. The number of nitrogens with one attached hydrogen (secondary N) is 2. The molecule has 2 N–H and O–H groups in total. The van der Waals surface area contributed by atoms with Crippen LogP contribution >= 0.6 is 15.9 Å². The minimum Gasteiger partial charge on any atom is -0.326 e. The van der Waals surface area contributed by atoms with E-state index in [1.165, 1.54) is 18.9 Å². The Morgan fingerprint density at radius 1 is 1.57 bits per heavy atom. The molecule has 0 radical (unpaired) electrons. The van der Waals surface area contributed by atoms with Crippen LogP contribution in [0.1, 0.15) is 31.7 Å². The lowest BCUT2D eigenvalue weighted by molar-refractivity contribution is -0.117. The molecule has 0 saturated carbocycles. The summed E-state index contributed by atoms with van der Waals surface area (Å²) in [5.74, 6) is 0.476. The average molecular weight is 357 g/mol. The largest absolute Gasteiger partial charge is 0.326 e. The van der Waals surface area contributed by atoms with E-state index in [1.54, 1.807) is 6.07 Å². The summed E-state index contributed by atoms with van der Waals surface area (Å²) in [7, 11) is 0. The van der Waals surface area contributed by atoms with Crippen LogP contribution in [-0.2, 0) is 4.79 Å². The van der Waals surface area contributed by atoms with Crippen LogP contribution in [0.15, 0.2) is 16.6 Å². The Bertz CT molecular complexity index is 515. The fourth-order valence-electron chi connectivity index (χ4n) is 2.81. The van der Waals surface area contributed by atoms with E-state index < -0.39 is 0 Å². The van der Waals surface area contributed by atoms with E-state index in [1.807, 2.05) is 6.92 Å². The van der Waals surface area contributed by atoms with Crippen LogP contribution in [0.25, 0.3) is 0 Å². The van der Waals surface area contributed by atoms with Crippen molar-refractivity contribution in [3.63, 3.8) is 0 Å². The molecule has 3 nitrogen and oxygen atoms in total. The number of anilines is 1. The zero-order valence-electron chi connectivity index (χ0n) is 12.5. The number of amides is 1. The van der Waals surface area contributed by atoms with Gasteiger partial charge in [0.05, 0.1) is 4.47 Å². The smallest absolute Gasteiger partial charge is 0.224 e. The van der Waals surface area contributed by atoms with Crippen molar-refractivity contribution in [2.24, 2.45) is 11.8 Å². The molecule has 1 aromatic rings. The zero-order chi connectivity index (χ0) is 15.4. The zero-order valence-corrected chi connectivity index (χ0v) is 14.1. The van der Waals surface area contributed by atoms with Gasteiger partial charge in [0.25, 0.3) is 0 Å². The Kier molecular flexibility index (Phi) is 5.76. The standard InChI is InChI=1S/C16H22BrFN2O/c1-10(12-4-3-5-19-9-12)7-16(21)20-15-8-14(18)13(17)6-11(15)2/h6,8,10,12,19H,3-5,7,9H2,1-2H3,(H,20,21). The molecule has 1 amide bonds. The number of benzene rings is 1. The molecule has 2 rings (SSSR count). The van der Waals surface area contributed by atoms with Crippen LogP contribution in [0, 0.1) is 24.6 Å². The fourth-order valence-corrected chi connectivity index (χ4v) is 3.26. The predicted octanol–water partition coefficient (Wildman–Crippen LogP) is 3.86. The molecule has 1 aromatic carbocycles. The minimum atomic E-state index is -0.361. The lowest BCUT2D eigenvalue weighted by Gasteiger charge is -2.28. The van der Waals surface area contributed by atoms with Crippen LogP contribution in [0.4, 0.5) is 10.1 Å². The molecule has 0 bridgehead atoms. The Morgan fingerprint density at radius 3 is 3.00 bits per heavy atom. The minimum absolute atomic E-state index is 0.0436. The van der Waals surface area contributed by atoms with Crippen molar-refractivity contribution < 1.29 is 9.18 Å². The SMILES string of the molecule is Cc1cc(Br)c(F)cc1NC(=O)CC(C)C1CCCNC1. The second-order valence-corrected chi connectivity index (χ2v) is 6.77. The summed E-state index contributed by atoms with van der Waals surface area (Å²) in [5, 5.41) is 6.20. The number of halogens is 2. The third-order valence-electron chi connectivity index (χ3n) is 4.19. The quantitative estimate of drug-likeness (QED) is 0.859.